The van der Waals surface area contributed by atoms with Crippen molar-refractivity contribution >= 4 is 5.69 Å². The molecule has 1 aliphatic rings. The molecule has 0 aliphatic carbocycles. The average Bonchev–Trinajstić information content (AvgIpc) is 3.31. The van der Waals surface area contributed by atoms with E-state index >= 15 is 0 Å². The van der Waals surface area contributed by atoms with Gasteiger partial charge in [0.15, 0.2) is 23.3 Å². The van der Waals surface area contributed by atoms with Gasteiger partial charge in [0.1, 0.15) is 12.2 Å². The van der Waals surface area contributed by atoms with Crippen LogP contribution in [0.1, 0.15) is 23.3 Å². The molecule has 0 N–H and O–H groups in total. The quantitative estimate of drug-likeness (QED) is 0.212. The van der Waals surface area contributed by atoms with Gasteiger partial charge >= 0.3 is 0 Å². The molecule has 1 heterocycles. The second-order valence-electron chi connectivity index (χ2n) is 4.78. The van der Waals surface area contributed by atoms with Crippen molar-refractivity contribution in [1.82, 2.24) is 0 Å². The molecule has 0 unspecified atom stereocenters. The Hall–Kier alpha value is -2.55. The molecule has 1 saturated heterocycles. The maximum atomic E-state index is 13.7. The first-order valence-corrected chi connectivity index (χ1v) is 6.24. The van der Waals surface area contributed by atoms with Crippen molar-refractivity contribution in [2.45, 2.75) is 12.2 Å². The molecule has 120 valence electrons. The molecule has 2 aromatic rings. The Kier molecular flexibility index (Phi) is 3.52. The van der Waals surface area contributed by atoms with Gasteiger partial charge in [-0.1, -0.05) is 12.1 Å². The minimum Gasteiger partial charge on any atom is -0.359 e. The molecule has 9 heteroatoms. The van der Waals surface area contributed by atoms with E-state index in [4.69, 9.17) is 4.74 Å². The second kappa shape index (κ2) is 5.27. The highest BCUT2D eigenvalue weighted by molar-refractivity contribution is 5.45. The van der Waals surface area contributed by atoms with Crippen LogP contribution in [0.2, 0.25) is 0 Å². The fraction of sp³-hybridized carbons (Fsp3) is 0.143. The third-order valence-electron chi connectivity index (χ3n) is 3.46. The maximum Gasteiger partial charge on any atom is 0.275 e. The number of nitrogens with zero attached hydrogens (tertiary/aromatic N) is 1. The second-order valence-corrected chi connectivity index (χ2v) is 4.78. The number of ether oxygens (including phenoxy) is 1. The number of hydrogen-bond donors (Lipinski definition) is 0. The van der Waals surface area contributed by atoms with Crippen LogP contribution in [0.5, 0.6) is 0 Å². The van der Waals surface area contributed by atoms with Crippen molar-refractivity contribution in [2.75, 3.05) is 0 Å². The molecule has 0 spiro atoms. The predicted molar refractivity (Wildman–Crippen MR) is 65.9 cm³/mol. The SMILES string of the molecule is O=[N+]([O-])c1ccccc1[C@H]1O[C@H]1c1c(F)c(F)c(F)c(F)c1F. The predicted octanol–water partition coefficient (Wildman–Crippen LogP) is 4.10. The molecule has 1 aliphatic heterocycles. The van der Waals surface area contributed by atoms with Gasteiger partial charge in [0, 0.05) is 6.07 Å². The number of epoxide rings is 1. The van der Waals surface area contributed by atoms with Crippen LogP contribution in [0, 0.1) is 39.2 Å². The molecule has 0 aromatic heterocycles. The summed E-state index contributed by atoms with van der Waals surface area (Å²) in [5.41, 5.74) is -1.51. The lowest BCUT2D eigenvalue weighted by atomic mass is 10.0. The fourth-order valence-electron chi connectivity index (χ4n) is 2.33. The number of para-hydroxylation sites is 1. The van der Waals surface area contributed by atoms with Crippen molar-refractivity contribution in [3.63, 3.8) is 0 Å². The van der Waals surface area contributed by atoms with Gasteiger partial charge in [-0.25, -0.2) is 22.0 Å². The summed E-state index contributed by atoms with van der Waals surface area (Å²) in [6.07, 6.45) is -2.65. The summed E-state index contributed by atoms with van der Waals surface area (Å²) in [6.45, 7) is 0. The smallest absolute Gasteiger partial charge is 0.275 e. The lowest BCUT2D eigenvalue weighted by molar-refractivity contribution is -0.385. The highest BCUT2D eigenvalue weighted by atomic mass is 19.2. The molecule has 23 heavy (non-hydrogen) atoms. The van der Waals surface area contributed by atoms with Gasteiger partial charge in [0.05, 0.1) is 16.1 Å². The molecule has 0 bridgehead atoms. The first-order chi connectivity index (χ1) is 10.8. The maximum absolute atomic E-state index is 13.7. The lowest BCUT2D eigenvalue weighted by Gasteiger charge is -2.06. The van der Waals surface area contributed by atoms with E-state index in [-0.39, 0.29) is 11.3 Å². The van der Waals surface area contributed by atoms with Crippen molar-refractivity contribution in [2.24, 2.45) is 0 Å². The molecule has 2 aromatic carbocycles. The Morgan fingerprint density at radius 1 is 0.870 bits per heavy atom. The summed E-state index contributed by atoms with van der Waals surface area (Å²) in [7, 11) is 0. The Labute approximate surface area is 125 Å². The van der Waals surface area contributed by atoms with Gasteiger partial charge in [0.25, 0.3) is 5.69 Å². The molecule has 3 rings (SSSR count). The standard InChI is InChI=1S/C14H6F5NO3/c15-8-7(9(16)11(18)12(19)10(8)17)14-13(23-14)5-3-1-2-4-6(5)20(21)22/h1-4,13-14H/t13-,14+/m1/s1. The van der Waals surface area contributed by atoms with E-state index in [0.717, 1.165) is 6.07 Å². The molecule has 2 atom stereocenters. The molecular weight excluding hydrogens is 325 g/mol. The summed E-state index contributed by atoms with van der Waals surface area (Å²) < 4.78 is 71.8. The molecule has 0 amide bonds. The Balaban J connectivity index is 2.04. The molecule has 4 nitrogen and oxygen atoms in total. The highest BCUT2D eigenvalue weighted by Crippen LogP contribution is 2.54. The van der Waals surface area contributed by atoms with E-state index in [0.29, 0.717) is 0 Å². The summed E-state index contributed by atoms with van der Waals surface area (Å²) >= 11 is 0. The van der Waals surface area contributed by atoms with Crippen molar-refractivity contribution in [3.8, 4) is 0 Å². The summed E-state index contributed by atoms with van der Waals surface area (Å²) in [6, 6.07) is 5.23. The van der Waals surface area contributed by atoms with Crippen molar-refractivity contribution in [1.29, 1.82) is 0 Å². The topological polar surface area (TPSA) is 55.7 Å². The zero-order valence-electron chi connectivity index (χ0n) is 11.0. The average molecular weight is 331 g/mol. The molecular formula is C14H6F5NO3. The van der Waals surface area contributed by atoms with Gasteiger partial charge in [-0.3, -0.25) is 10.1 Å². The monoisotopic (exact) mass is 331 g/mol. The van der Waals surface area contributed by atoms with Crippen LogP contribution in [-0.2, 0) is 4.74 Å². The minimum atomic E-state index is -2.27. The van der Waals surface area contributed by atoms with Crippen molar-refractivity contribution in [3.05, 3.63) is 74.6 Å². The normalized spacial score (nSPS) is 19.7. The first kappa shape index (κ1) is 15.3. The number of hydrogen-bond acceptors (Lipinski definition) is 3. The number of benzene rings is 2. The van der Waals surface area contributed by atoms with Crippen LogP contribution in [0.15, 0.2) is 24.3 Å². The summed E-state index contributed by atoms with van der Waals surface area (Å²) in [4.78, 5) is 10.2. The Morgan fingerprint density at radius 2 is 1.39 bits per heavy atom. The first-order valence-electron chi connectivity index (χ1n) is 6.24. The van der Waals surface area contributed by atoms with Crippen LogP contribution in [0.4, 0.5) is 27.6 Å². The summed E-state index contributed by atoms with van der Waals surface area (Å²) in [5.74, 6) is -10.5. The molecule has 0 saturated carbocycles. The van der Waals surface area contributed by atoms with Gasteiger partial charge < -0.3 is 4.74 Å². The van der Waals surface area contributed by atoms with E-state index in [1.807, 2.05) is 0 Å². The van der Waals surface area contributed by atoms with Crippen LogP contribution in [-0.4, -0.2) is 4.92 Å². The van der Waals surface area contributed by atoms with Crippen LogP contribution >= 0.6 is 0 Å². The molecule has 1 fully saturated rings. The van der Waals surface area contributed by atoms with Gasteiger partial charge in [0.2, 0.25) is 5.82 Å². The Bertz CT molecular complexity index is 797. The van der Waals surface area contributed by atoms with E-state index < -0.39 is 51.8 Å². The highest BCUT2D eigenvalue weighted by Gasteiger charge is 2.49. The number of nitro benzene ring substituents is 1. The third-order valence-corrected chi connectivity index (χ3v) is 3.46. The van der Waals surface area contributed by atoms with Gasteiger partial charge in [-0.05, 0) is 6.07 Å². The number of halogens is 5. The van der Waals surface area contributed by atoms with E-state index in [1.54, 1.807) is 0 Å². The van der Waals surface area contributed by atoms with Crippen molar-refractivity contribution < 1.29 is 31.6 Å². The number of rotatable bonds is 3. The van der Waals surface area contributed by atoms with E-state index in [1.165, 1.54) is 18.2 Å². The lowest BCUT2D eigenvalue weighted by Crippen LogP contribution is -2.07. The number of nitro groups is 1. The van der Waals surface area contributed by atoms with Gasteiger partial charge in [-0.15, -0.1) is 0 Å². The zero-order valence-corrected chi connectivity index (χ0v) is 11.0. The van der Waals surface area contributed by atoms with Crippen LogP contribution in [0.25, 0.3) is 0 Å². The van der Waals surface area contributed by atoms with E-state index in [2.05, 4.69) is 0 Å². The van der Waals surface area contributed by atoms with Gasteiger partial charge in [-0.2, -0.15) is 0 Å². The summed E-state index contributed by atoms with van der Waals surface area (Å²) in [5, 5.41) is 10.9. The van der Waals surface area contributed by atoms with Crippen LogP contribution in [0.3, 0.4) is 0 Å². The fourth-order valence-corrected chi connectivity index (χ4v) is 2.33. The largest absolute Gasteiger partial charge is 0.359 e. The molecule has 0 radical (unpaired) electrons. The van der Waals surface area contributed by atoms with Crippen LogP contribution < -0.4 is 0 Å². The zero-order chi connectivity index (χ0) is 16.9. The van der Waals surface area contributed by atoms with E-state index in [9.17, 15) is 32.1 Å². The Morgan fingerprint density at radius 3 is 1.96 bits per heavy atom. The minimum absolute atomic E-state index is 0.00792. The third kappa shape index (κ3) is 2.33.